The average Bonchev–Trinajstić information content (AvgIpc) is 2.85. The van der Waals surface area contributed by atoms with Crippen LogP contribution in [0.5, 0.6) is 0 Å². The molecule has 2 aromatic carbocycles. The Bertz CT molecular complexity index is 709. The summed E-state index contributed by atoms with van der Waals surface area (Å²) in [5.74, 6) is 0. The first kappa shape index (κ1) is 14.7. The normalized spacial score (nSPS) is 16.8. The summed E-state index contributed by atoms with van der Waals surface area (Å²) < 4.78 is 0. The average molecular weight is 313 g/mol. The zero-order valence-corrected chi connectivity index (χ0v) is 13.0. The number of anilines is 1. The second-order valence-electron chi connectivity index (χ2n) is 5.39. The summed E-state index contributed by atoms with van der Waals surface area (Å²) >= 11 is 5.85. The molecule has 2 aromatic rings. The molecule has 0 saturated heterocycles. The molecule has 0 bridgehead atoms. The summed E-state index contributed by atoms with van der Waals surface area (Å²) in [6, 6.07) is 15.5. The number of nitrogens with zero attached hydrogens (tertiary/aromatic N) is 1. The van der Waals surface area contributed by atoms with Crippen LogP contribution >= 0.6 is 11.6 Å². The van der Waals surface area contributed by atoms with Crippen LogP contribution in [0.25, 0.3) is 6.08 Å². The van der Waals surface area contributed by atoms with E-state index in [0.29, 0.717) is 5.02 Å². The quantitative estimate of drug-likeness (QED) is 0.871. The highest BCUT2D eigenvalue weighted by molar-refractivity contribution is 6.30. The Kier molecular flexibility index (Phi) is 4.16. The predicted octanol–water partition coefficient (Wildman–Crippen LogP) is 4.47. The van der Waals surface area contributed by atoms with Gasteiger partial charge in [0.05, 0.1) is 0 Å². The minimum absolute atomic E-state index is 0.109. The fourth-order valence-electron chi connectivity index (χ4n) is 2.73. The maximum atomic E-state index is 12.4. The second kappa shape index (κ2) is 6.24. The van der Waals surface area contributed by atoms with Crippen LogP contribution in [0.2, 0.25) is 5.02 Å². The minimum atomic E-state index is -0.109. The van der Waals surface area contributed by atoms with Gasteiger partial charge in [0.1, 0.15) is 0 Å². The molecule has 0 spiro atoms. The lowest BCUT2D eigenvalue weighted by molar-refractivity contribution is 0.248. The first-order valence-corrected chi connectivity index (χ1v) is 7.63. The number of carbonyl (C=O) groups excluding carboxylic acids is 1. The van der Waals surface area contributed by atoms with Crippen molar-refractivity contribution in [3.63, 3.8) is 0 Å². The van der Waals surface area contributed by atoms with E-state index in [1.165, 1.54) is 5.56 Å². The molecule has 22 heavy (non-hydrogen) atoms. The van der Waals surface area contributed by atoms with Gasteiger partial charge in [0.2, 0.25) is 0 Å². The van der Waals surface area contributed by atoms with E-state index in [1.807, 2.05) is 53.4 Å². The van der Waals surface area contributed by atoms with Crippen LogP contribution in [0.4, 0.5) is 10.5 Å². The summed E-state index contributed by atoms with van der Waals surface area (Å²) in [6.07, 6.45) is 4.41. The summed E-state index contributed by atoms with van der Waals surface area (Å²) in [4.78, 5) is 14.2. The highest BCUT2D eigenvalue weighted by atomic mass is 35.5. The molecule has 3 nitrogen and oxygen atoms in total. The van der Waals surface area contributed by atoms with Crippen molar-refractivity contribution in [2.45, 2.75) is 19.4 Å². The molecule has 1 heterocycles. The third kappa shape index (κ3) is 3.00. The van der Waals surface area contributed by atoms with Crippen molar-refractivity contribution in [1.29, 1.82) is 0 Å². The van der Waals surface area contributed by atoms with Gasteiger partial charge < -0.3 is 5.32 Å². The van der Waals surface area contributed by atoms with E-state index >= 15 is 0 Å². The number of carbonyl (C=O) groups is 1. The van der Waals surface area contributed by atoms with Crippen LogP contribution in [0.3, 0.4) is 0 Å². The van der Waals surface area contributed by atoms with E-state index in [9.17, 15) is 4.79 Å². The van der Waals surface area contributed by atoms with Crippen LogP contribution in [0, 0.1) is 0 Å². The van der Waals surface area contributed by atoms with E-state index in [1.54, 1.807) is 6.20 Å². The molecule has 0 aromatic heterocycles. The van der Waals surface area contributed by atoms with Crippen molar-refractivity contribution >= 4 is 29.4 Å². The largest absolute Gasteiger partial charge is 0.326 e. The molecular formula is C18H17ClN2O. The van der Waals surface area contributed by atoms with Crippen LogP contribution < -0.4 is 10.2 Å². The van der Waals surface area contributed by atoms with Gasteiger partial charge in [0.25, 0.3) is 0 Å². The molecule has 4 heteroatoms. The van der Waals surface area contributed by atoms with Gasteiger partial charge in [-0.2, -0.15) is 0 Å². The van der Waals surface area contributed by atoms with E-state index in [4.69, 9.17) is 11.6 Å². The fraction of sp³-hybridized carbons (Fsp3) is 0.167. The van der Waals surface area contributed by atoms with E-state index < -0.39 is 0 Å². The SMILES string of the molecule is CC1Cc2ccccc2N1C(=O)N/C=C/c1ccc(Cl)cc1. The summed E-state index contributed by atoms with van der Waals surface area (Å²) in [7, 11) is 0. The van der Waals surface area contributed by atoms with Crippen molar-refractivity contribution in [3.05, 3.63) is 70.9 Å². The number of nitrogens with one attached hydrogen (secondary N) is 1. The predicted molar refractivity (Wildman–Crippen MR) is 91.1 cm³/mol. The first-order chi connectivity index (χ1) is 10.6. The van der Waals surface area contributed by atoms with E-state index in [2.05, 4.69) is 18.3 Å². The number of halogens is 1. The molecule has 1 unspecified atom stereocenters. The molecule has 1 aliphatic heterocycles. The van der Waals surface area contributed by atoms with Gasteiger partial charge in [-0.3, -0.25) is 4.90 Å². The van der Waals surface area contributed by atoms with Crippen molar-refractivity contribution < 1.29 is 4.79 Å². The molecule has 0 fully saturated rings. The van der Waals surface area contributed by atoms with Crippen LogP contribution in [-0.4, -0.2) is 12.1 Å². The molecule has 0 aliphatic carbocycles. The third-order valence-corrected chi connectivity index (χ3v) is 4.03. The Balaban J connectivity index is 1.68. The maximum Gasteiger partial charge on any atom is 0.326 e. The number of rotatable bonds is 2. The zero-order valence-electron chi connectivity index (χ0n) is 12.3. The van der Waals surface area contributed by atoms with Crippen molar-refractivity contribution in [3.8, 4) is 0 Å². The summed E-state index contributed by atoms with van der Waals surface area (Å²) in [5.41, 5.74) is 3.19. The van der Waals surface area contributed by atoms with Crippen molar-refractivity contribution in [2.24, 2.45) is 0 Å². The van der Waals surface area contributed by atoms with Gasteiger partial charge in [0.15, 0.2) is 0 Å². The number of fused-ring (bicyclic) bond motifs is 1. The highest BCUT2D eigenvalue weighted by Crippen LogP contribution is 2.31. The van der Waals surface area contributed by atoms with E-state index in [0.717, 1.165) is 17.7 Å². The van der Waals surface area contributed by atoms with E-state index in [-0.39, 0.29) is 12.1 Å². The highest BCUT2D eigenvalue weighted by Gasteiger charge is 2.29. The molecule has 2 amide bonds. The van der Waals surface area contributed by atoms with Gasteiger partial charge in [-0.15, -0.1) is 0 Å². The molecular weight excluding hydrogens is 296 g/mol. The molecule has 0 saturated carbocycles. The first-order valence-electron chi connectivity index (χ1n) is 7.25. The van der Waals surface area contributed by atoms with Gasteiger partial charge in [0, 0.05) is 23.0 Å². The Morgan fingerprint density at radius 3 is 2.73 bits per heavy atom. The fourth-order valence-corrected chi connectivity index (χ4v) is 2.85. The Morgan fingerprint density at radius 2 is 1.95 bits per heavy atom. The molecule has 1 N–H and O–H groups in total. The third-order valence-electron chi connectivity index (χ3n) is 3.78. The summed E-state index contributed by atoms with van der Waals surface area (Å²) in [5, 5.41) is 3.53. The number of urea groups is 1. The number of amides is 2. The standard InChI is InChI=1S/C18H17ClN2O/c1-13-12-15-4-2-3-5-17(15)21(13)18(22)20-11-10-14-6-8-16(19)9-7-14/h2-11,13H,12H2,1H3,(H,20,22)/b11-10+. The van der Waals surface area contributed by atoms with Crippen LogP contribution in [0.1, 0.15) is 18.1 Å². The van der Waals surface area contributed by atoms with Gasteiger partial charge in [-0.1, -0.05) is 41.9 Å². The molecule has 3 rings (SSSR count). The van der Waals surface area contributed by atoms with Crippen LogP contribution in [0.15, 0.2) is 54.7 Å². The van der Waals surface area contributed by atoms with Gasteiger partial charge in [-0.25, -0.2) is 4.79 Å². The number of para-hydroxylation sites is 1. The smallest absolute Gasteiger partial charge is 0.314 e. The zero-order chi connectivity index (χ0) is 15.5. The van der Waals surface area contributed by atoms with Gasteiger partial charge in [-0.05, 0) is 48.7 Å². The number of benzene rings is 2. The lowest BCUT2D eigenvalue weighted by Gasteiger charge is -2.22. The lowest BCUT2D eigenvalue weighted by Crippen LogP contribution is -2.41. The molecule has 1 aliphatic rings. The minimum Gasteiger partial charge on any atom is -0.314 e. The van der Waals surface area contributed by atoms with Crippen molar-refractivity contribution in [2.75, 3.05) is 4.90 Å². The Labute approximate surface area is 135 Å². The second-order valence-corrected chi connectivity index (χ2v) is 5.82. The molecule has 1 atom stereocenters. The van der Waals surface area contributed by atoms with Crippen LogP contribution in [-0.2, 0) is 6.42 Å². The molecule has 0 radical (unpaired) electrons. The maximum absolute atomic E-state index is 12.4. The topological polar surface area (TPSA) is 32.3 Å². The van der Waals surface area contributed by atoms with Gasteiger partial charge >= 0.3 is 6.03 Å². The Hall–Kier alpha value is -2.26. The monoisotopic (exact) mass is 312 g/mol. The van der Waals surface area contributed by atoms with Crippen molar-refractivity contribution in [1.82, 2.24) is 5.32 Å². The Morgan fingerprint density at radius 1 is 1.23 bits per heavy atom. The lowest BCUT2D eigenvalue weighted by atomic mass is 10.1. The number of hydrogen-bond acceptors (Lipinski definition) is 1. The number of hydrogen-bond donors (Lipinski definition) is 1. The molecule has 112 valence electrons. The summed E-state index contributed by atoms with van der Waals surface area (Å²) in [6.45, 7) is 2.06.